The topological polar surface area (TPSA) is 41.5 Å². The van der Waals surface area contributed by atoms with Gasteiger partial charge in [0, 0.05) is 12.6 Å². The molecule has 1 aromatic rings. The Hall–Kier alpha value is -1.06. The normalized spacial score (nSPS) is 22.8. The summed E-state index contributed by atoms with van der Waals surface area (Å²) in [6.07, 6.45) is 8.07. The lowest BCUT2D eigenvalue weighted by molar-refractivity contribution is 0.00201. The quantitative estimate of drug-likeness (QED) is 0.843. The molecule has 1 unspecified atom stereocenters. The van der Waals surface area contributed by atoms with Gasteiger partial charge < -0.3 is 15.2 Å². The number of hydrogen-bond donors (Lipinski definition) is 2. The standard InChI is InChI=1S/C18H27NO2/c1-21-16-9-7-15(8-10-16)17(14-5-6-14)19-13-18(20)11-3-2-4-12-18/h7-10,14,17,19-20H,2-6,11-13H2,1H3. The number of methoxy groups -OCH3 is 1. The van der Waals surface area contributed by atoms with Crippen molar-refractivity contribution >= 4 is 0 Å². The summed E-state index contributed by atoms with van der Waals surface area (Å²) in [7, 11) is 1.70. The van der Waals surface area contributed by atoms with Crippen LogP contribution in [0.3, 0.4) is 0 Å². The Bertz CT molecular complexity index is 447. The summed E-state index contributed by atoms with van der Waals surface area (Å²) in [6.45, 7) is 0.722. The average Bonchev–Trinajstić information content (AvgIpc) is 3.34. The molecule has 2 saturated carbocycles. The second-order valence-corrected chi connectivity index (χ2v) is 6.75. The Morgan fingerprint density at radius 2 is 1.86 bits per heavy atom. The highest BCUT2D eigenvalue weighted by Gasteiger charge is 2.35. The van der Waals surface area contributed by atoms with Crippen molar-refractivity contribution in [1.29, 1.82) is 0 Å². The van der Waals surface area contributed by atoms with Gasteiger partial charge in [-0.3, -0.25) is 0 Å². The molecule has 2 fully saturated rings. The molecule has 0 bridgehead atoms. The Kier molecular flexibility index (Phi) is 4.51. The van der Waals surface area contributed by atoms with E-state index in [0.29, 0.717) is 6.04 Å². The molecule has 1 aromatic carbocycles. The first-order valence-corrected chi connectivity index (χ1v) is 8.30. The number of ether oxygens (including phenoxy) is 1. The molecule has 21 heavy (non-hydrogen) atoms. The van der Waals surface area contributed by atoms with Crippen molar-refractivity contribution in [2.75, 3.05) is 13.7 Å². The van der Waals surface area contributed by atoms with Crippen molar-refractivity contribution in [3.63, 3.8) is 0 Å². The molecule has 3 rings (SSSR count). The van der Waals surface area contributed by atoms with E-state index in [1.165, 1.54) is 24.8 Å². The van der Waals surface area contributed by atoms with Crippen LogP contribution in [-0.4, -0.2) is 24.4 Å². The van der Waals surface area contributed by atoms with Crippen LogP contribution in [0.25, 0.3) is 0 Å². The average molecular weight is 289 g/mol. The van der Waals surface area contributed by atoms with Crippen molar-refractivity contribution in [3.8, 4) is 5.75 Å². The van der Waals surface area contributed by atoms with Crippen molar-refractivity contribution in [3.05, 3.63) is 29.8 Å². The third-order valence-electron chi connectivity index (χ3n) is 5.00. The first kappa shape index (κ1) is 14.9. The van der Waals surface area contributed by atoms with Crippen LogP contribution in [0.2, 0.25) is 0 Å². The summed E-state index contributed by atoms with van der Waals surface area (Å²) in [5.41, 5.74) is 0.829. The van der Waals surface area contributed by atoms with E-state index < -0.39 is 5.60 Å². The lowest BCUT2D eigenvalue weighted by Gasteiger charge is -2.34. The molecule has 2 aliphatic rings. The zero-order valence-electron chi connectivity index (χ0n) is 13.0. The fourth-order valence-electron chi connectivity index (χ4n) is 3.48. The molecule has 0 aromatic heterocycles. The fraction of sp³-hybridized carbons (Fsp3) is 0.667. The second-order valence-electron chi connectivity index (χ2n) is 6.75. The molecule has 0 amide bonds. The predicted octanol–water partition coefficient (Wildman–Crippen LogP) is 3.43. The second kappa shape index (κ2) is 6.37. The minimum absolute atomic E-state index is 0.377. The fourth-order valence-corrected chi connectivity index (χ4v) is 3.48. The van der Waals surface area contributed by atoms with Crippen LogP contribution in [-0.2, 0) is 0 Å². The molecule has 3 nitrogen and oxygen atoms in total. The summed E-state index contributed by atoms with van der Waals surface area (Å²) in [5, 5.41) is 14.3. The number of hydrogen-bond acceptors (Lipinski definition) is 3. The molecule has 0 heterocycles. The van der Waals surface area contributed by atoms with Crippen molar-refractivity contribution in [2.24, 2.45) is 5.92 Å². The maximum absolute atomic E-state index is 10.7. The van der Waals surface area contributed by atoms with E-state index in [-0.39, 0.29) is 0 Å². The van der Waals surface area contributed by atoms with E-state index in [9.17, 15) is 5.11 Å². The third kappa shape index (κ3) is 3.78. The smallest absolute Gasteiger partial charge is 0.118 e. The molecule has 0 saturated heterocycles. The number of nitrogens with one attached hydrogen (secondary N) is 1. The van der Waals surface area contributed by atoms with Crippen LogP contribution in [0, 0.1) is 5.92 Å². The van der Waals surface area contributed by atoms with Crippen LogP contribution >= 0.6 is 0 Å². The van der Waals surface area contributed by atoms with E-state index in [4.69, 9.17) is 4.74 Å². The Labute approximate surface area is 127 Å². The lowest BCUT2D eigenvalue weighted by Crippen LogP contribution is -2.43. The van der Waals surface area contributed by atoms with E-state index in [1.807, 2.05) is 12.1 Å². The van der Waals surface area contributed by atoms with Gasteiger partial charge in [0.25, 0.3) is 0 Å². The highest BCUT2D eigenvalue weighted by Crippen LogP contribution is 2.41. The van der Waals surface area contributed by atoms with E-state index >= 15 is 0 Å². The van der Waals surface area contributed by atoms with Gasteiger partial charge >= 0.3 is 0 Å². The summed E-state index contributed by atoms with van der Waals surface area (Å²) in [5.74, 6) is 1.63. The molecule has 1 atom stereocenters. The van der Waals surface area contributed by atoms with E-state index in [1.54, 1.807) is 7.11 Å². The molecule has 2 aliphatic carbocycles. The molecular weight excluding hydrogens is 262 g/mol. The SMILES string of the molecule is COc1ccc(C(NCC2(O)CCCCC2)C2CC2)cc1. The van der Waals surface area contributed by atoms with Gasteiger partial charge in [-0.15, -0.1) is 0 Å². The van der Waals surface area contributed by atoms with Gasteiger partial charge in [-0.2, -0.15) is 0 Å². The Morgan fingerprint density at radius 1 is 1.19 bits per heavy atom. The van der Waals surface area contributed by atoms with Gasteiger partial charge in [0.15, 0.2) is 0 Å². The molecule has 2 N–H and O–H groups in total. The zero-order valence-corrected chi connectivity index (χ0v) is 13.0. The molecular formula is C18H27NO2. The highest BCUT2D eigenvalue weighted by atomic mass is 16.5. The summed E-state index contributed by atoms with van der Waals surface area (Å²) >= 11 is 0. The molecule has 116 valence electrons. The van der Waals surface area contributed by atoms with E-state index in [2.05, 4.69) is 17.4 Å². The van der Waals surface area contributed by atoms with Gasteiger partial charge in [-0.1, -0.05) is 31.4 Å². The minimum atomic E-state index is -0.488. The van der Waals surface area contributed by atoms with Gasteiger partial charge in [0.2, 0.25) is 0 Å². The van der Waals surface area contributed by atoms with Crippen molar-refractivity contribution < 1.29 is 9.84 Å². The number of benzene rings is 1. The van der Waals surface area contributed by atoms with Crippen molar-refractivity contribution in [2.45, 2.75) is 56.6 Å². The van der Waals surface area contributed by atoms with Gasteiger partial charge in [-0.25, -0.2) is 0 Å². The maximum Gasteiger partial charge on any atom is 0.118 e. The Balaban J connectivity index is 1.64. The van der Waals surface area contributed by atoms with Crippen LogP contribution in [0.1, 0.15) is 56.6 Å². The summed E-state index contributed by atoms with van der Waals surface area (Å²) in [4.78, 5) is 0. The summed E-state index contributed by atoms with van der Waals surface area (Å²) < 4.78 is 5.24. The number of aliphatic hydroxyl groups is 1. The highest BCUT2D eigenvalue weighted by molar-refractivity contribution is 5.30. The van der Waals surface area contributed by atoms with E-state index in [0.717, 1.165) is 43.9 Å². The molecule has 0 spiro atoms. The zero-order chi connectivity index (χ0) is 14.7. The molecule has 0 radical (unpaired) electrons. The minimum Gasteiger partial charge on any atom is -0.497 e. The van der Waals surface area contributed by atoms with Crippen molar-refractivity contribution in [1.82, 2.24) is 5.32 Å². The maximum atomic E-state index is 10.7. The summed E-state index contributed by atoms with van der Waals surface area (Å²) in [6, 6.07) is 8.74. The van der Waals surface area contributed by atoms with Gasteiger partial charge in [0.05, 0.1) is 12.7 Å². The van der Waals surface area contributed by atoms with Crippen LogP contribution < -0.4 is 10.1 Å². The first-order valence-electron chi connectivity index (χ1n) is 8.30. The van der Waals surface area contributed by atoms with Gasteiger partial charge in [-0.05, 0) is 49.3 Å². The van der Waals surface area contributed by atoms with Crippen LogP contribution in [0.15, 0.2) is 24.3 Å². The third-order valence-corrected chi connectivity index (χ3v) is 5.00. The lowest BCUT2D eigenvalue weighted by atomic mass is 9.84. The van der Waals surface area contributed by atoms with Crippen LogP contribution in [0.4, 0.5) is 0 Å². The van der Waals surface area contributed by atoms with Crippen LogP contribution in [0.5, 0.6) is 5.75 Å². The monoisotopic (exact) mass is 289 g/mol. The largest absolute Gasteiger partial charge is 0.497 e. The molecule has 0 aliphatic heterocycles. The Morgan fingerprint density at radius 3 is 2.43 bits per heavy atom. The predicted molar refractivity (Wildman–Crippen MR) is 84.5 cm³/mol. The first-order chi connectivity index (χ1) is 10.2. The molecule has 3 heteroatoms. The number of rotatable bonds is 6. The van der Waals surface area contributed by atoms with Gasteiger partial charge in [0.1, 0.15) is 5.75 Å².